The summed E-state index contributed by atoms with van der Waals surface area (Å²) in [6.07, 6.45) is 2.76. The van der Waals surface area contributed by atoms with E-state index < -0.39 is 11.9 Å². The monoisotopic (exact) mass is 349 g/mol. The molecule has 0 fully saturated rings. The second kappa shape index (κ2) is 6.88. The molecule has 1 N–H and O–H groups in total. The molecule has 0 radical (unpaired) electrons. The van der Waals surface area contributed by atoms with E-state index in [1.165, 1.54) is 7.11 Å². The van der Waals surface area contributed by atoms with Crippen molar-refractivity contribution >= 4 is 28.9 Å². The molecule has 0 spiro atoms. The van der Waals surface area contributed by atoms with Gasteiger partial charge < -0.3 is 14.4 Å². The van der Waals surface area contributed by atoms with Gasteiger partial charge in [-0.3, -0.25) is 0 Å². The highest BCUT2D eigenvalue weighted by molar-refractivity contribution is 6.00. The Kier molecular flexibility index (Phi) is 4.63. The lowest BCUT2D eigenvalue weighted by molar-refractivity contribution is -0.131. The molecule has 0 aliphatic carbocycles. The number of nitrogens with zero attached hydrogens (tertiary/aromatic N) is 1. The van der Waals surface area contributed by atoms with Crippen molar-refractivity contribution in [3.63, 3.8) is 0 Å². The number of rotatable bonds is 4. The number of hydrogen-bond acceptors (Lipinski definition) is 3. The summed E-state index contributed by atoms with van der Waals surface area (Å²) in [5, 5.41) is 10.0. The van der Waals surface area contributed by atoms with E-state index in [4.69, 9.17) is 9.84 Å². The van der Waals surface area contributed by atoms with Gasteiger partial charge in [-0.2, -0.15) is 0 Å². The maximum absolute atomic E-state index is 11.6. The zero-order valence-corrected chi connectivity index (χ0v) is 14.8. The van der Waals surface area contributed by atoms with E-state index in [1.54, 1.807) is 18.2 Å². The lowest BCUT2D eigenvalue weighted by atomic mass is 10.0. The summed E-state index contributed by atoms with van der Waals surface area (Å²) >= 11 is 0. The second-order valence-corrected chi connectivity index (χ2v) is 6.08. The molecule has 0 unspecified atom stereocenters. The van der Waals surface area contributed by atoms with Crippen molar-refractivity contribution in [3.05, 3.63) is 65.2 Å². The molecule has 3 aromatic rings. The van der Waals surface area contributed by atoms with E-state index in [1.807, 2.05) is 48.9 Å². The number of hydrogen-bond donors (Lipinski definition) is 1. The van der Waals surface area contributed by atoms with Crippen LogP contribution in [0.3, 0.4) is 0 Å². The van der Waals surface area contributed by atoms with Gasteiger partial charge in [0.15, 0.2) is 0 Å². The first-order valence-electron chi connectivity index (χ1n) is 8.11. The molecule has 0 saturated heterocycles. The largest absolute Gasteiger partial charge is 0.478 e. The third kappa shape index (κ3) is 3.11. The van der Waals surface area contributed by atoms with Crippen LogP contribution in [0.1, 0.15) is 21.5 Å². The van der Waals surface area contributed by atoms with Gasteiger partial charge in [-0.1, -0.05) is 23.8 Å². The lowest BCUT2D eigenvalue weighted by Gasteiger charge is -2.07. The predicted octanol–water partition coefficient (Wildman–Crippen LogP) is 4.04. The standard InChI is InChI=1S/C21H19NO4/c1-13-4-10-18-17(12-13)16(9-11-19(23)24)20(22(18)2)14-5-7-15(8-6-14)21(25)26-3/h4-12H,1-3H3,(H,23,24). The molecule has 5 nitrogen and oxygen atoms in total. The summed E-state index contributed by atoms with van der Waals surface area (Å²) in [7, 11) is 3.29. The van der Waals surface area contributed by atoms with Crippen molar-refractivity contribution in [3.8, 4) is 11.3 Å². The Morgan fingerprint density at radius 2 is 1.81 bits per heavy atom. The van der Waals surface area contributed by atoms with Crippen molar-refractivity contribution in [1.29, 1.82) is 0 Å². The van der Waals surface area contributed by atoms with Gasteiger partial charge in [-0.15, -0.1) is 0 Å². The molecule has 0 aliphatic rings. The summed E-state index contributed by atoms with van der Waals surface area (Å²) in [6, 6.07) is 13.2. The van der Waals surface area contributed by atoms with Crippen LogP contribution < -0.4 is 0 Å². The normalized spacial score (nSPS) is 11.2. The van der Waals surface area contributed by atoms with E-state index >= 15 is 0 Å². The van der Waals surface area contributed by atoms with Crippen molar-refractivity contribution < 1.29 is 19.4 Å². The maximum Gasteiger partial charge on any atom is 0.337 e. The van der Waals surface area contributed by atoms with Crippen LogP contribution in [0.15, 0.2) is 48.5 Å². The number of carbonyl (C=O) groups excluding carboxylic acids is 1. The van der Waals surface area contributed by atoms with E-state index in [0.717, 1.165) is 39.4 Å². The number of aromatic nitrogens is 1. The minimum atomic E-state index is -0.998. The molecular formula is C21H19NO4. The third-order valence-corrected chi connectivity index (χ3v) is 4.37. The van der Waals surface area contributed by atoms with Gasteiger partial charge in [0.2, 0.25) is 0 Å². The number of fused-ring (bicyclic) bond motifs is 1. The Hall–Kier alpha value is -3.34. The van der Waals surface area contributed by atoms with Crippen LogP contribution in [0.4, 0.5) is 0 Å². The van der Waals surface area contributed by atoms with Crippen molar-refractivity contribution in [2.75, 3.05) is 7.11 Å². The van der Waals surface area contributed by atoms with Crippen LogP contribution in [0.25, 0.3) is 28.2 Å². The number of carboxylic acids is 1. The summed E-state index contributed by atoms with van der Waals surface area (Å²) in [5.41, 5.74) is 5.18. The summed E-state index contributed by atoms with van der Waals surface area (Å²) in [6.45, 7) is 2.00. The Morgan fingerprint density at radius 3 is 2.42 bits per heavy atom. The molecule has 132 valence electrons. The Labute approximate surface area is 151 Å². The number of methoxy groups -OCH3 is 1. The predicted molar refractivity (Wildman–Crippen MR) is 101 cm³/mol. The Balaban J connectivity index is 2.24. The molecule has 1 heterocycles. The number of aryl methyl sites for hydroxylation is 2. The van der Waals surface area contributed by atoms with Gasteiger partial charge in [0.05, 0.1) is 18.4 Å². The molecule has 0 bridgehead atoms. The number of ether oxygens (including phenoxy) is 1. The fraction of sp³-hybridized carbons (Fsp3) is 0.143. The van der Waals surface area contributed by atoms with E-state index in [-0.39, 0.29) is 0 Å². The van der Waals surface area contributed by atoms with Crippen LogP contribution >= 0.6 is 0 Å². The second-order valence-electron chi connectivity index (χ2n) is 6.08. The number of esters is 1. The van der Waals surface area contributed by atoms with Crippen LogP contribution in [0.2, 0.25) is 0 Å². The highest BCUT2D eigenvalue weighted by Crippen LogP contribution is 2.34. The first kappa shape index (κ1) is 17.5. The minimum absolute atomic E-state index is 0.393. The quantitative estimate of drug-likeness (QED) is 0.570. The Bertz CT molecular complexity index is 1030. The third-order valence-electron chi connectivity index (χ3n) is 4.37. The van der Waals surface area contributed by atoms with Gasteiger partial charge in [-0.25, -0.2) is 9.59 Å². The molecule has 5 heteroatoms. The summed E-state index contributed by atoms with van der Waals surface area (Å²) in [5.74, 6) is -1.39. The molecule has 0 atom stereocenters. The minimum Gasteiger partial charge on any atom is -0.478 e. The molecule has 0 aliphatic heterocycles. The van der Waals surface area contributed by atoms with Crippen molar-refractivity contribution in [2.45, 2.75) is 6.92 Å². The average Bonchev–Trinajstić information content (AvgIpc) is 2.90. The highest BCUT2D eigenvalue weighted by Gasteiger charge is 2.16. The zero-order valence-electron chi connectivity index (χ0n) is 14.8. The average molecular weight is 349 g/mol. The van der Waals surface area contributed by atoms with E-state index in [9.17, 15) is 9.59 Å². The van der Waals surface area contributed by atoms with Gasteiger partial charge in [0.25, 0.3) is 0 Å². The van der Waals surface area contributed by atoms with E-state index in [0.29, 0.717) is 5.56 Å². The molecule has 1 aromatic heterocycles. The van der Waals surface area contributed by atoms with Gasteiger partial charge >= 0.3 is 11.9 Å². The van der Waals surface area contributed by atoms with Crippen molar-refractivity contribution in [1.82, 2.24) is 4.57 Å². The van der Waals surface area contributed by atoms with Gasteiger partial charge in [0, 0.05) is 29.6 Å². The van der Waals surface area contributed by atoms with Crippen molar-refractivity contribution in [2.24, 2.45) is 7.05 Å². The van der Waals surface area contributed by atoms with Crippen LogP contribution in [-0.2, 0) is 16.6 Å². The molecule has 0 saturated carbocycles. The van der Waals surface area contributed by atoms with E-state index in [2.05, 4.69) is 0 Å². The maximum atomic E-state index is 11.6. The van der Waals surface area contributed by atoms with Crippen LogP contribution in [0, 0.1) is 6.92 Å². The SMILES string of the molecule is COC(=O)c1ccc(-c2c(C=CC(=O)O)c3cc(C)ccc3n2C)cc1. The number of carboxylic acid groups (broad SMARTS) is 1. The fourth-order valence-corrected chi connectivity index (χ4v) is 3.14. The molecule has 2 aromatic carbocycles. The molecule has 3 rings (SSSR count). The first-order chi connectivity index (χ1) is 12.4. The Morgan fingerprint density at radius 1 is 1.12 bits per heavy atom. The highest BCUT2D eigenvalue weighted by atomic mass is 16.5. The van der Waals surface area contributed by atoms with Gasteiger partial charge in [0.1, 0.15) is 0 Å². The lowest BCUT2D eigenvalue weighted by Crippen LogP contribution is -2.01. The molecular weight excluding hydrogens is 330 g/mol. The number of carbonyl (C=O) groups is 2. The summed E-state index contributed by atoms with van der Waals surface area (Å²) < 4.78 is 6.77. The topological polar surface area (TPSA) is 68.5 Å². The number of aliphatic carboxylic acids is 1. The number of benzene rings is 2. The summed E-state index contributed by atoms with van der Waals surface area (Å²) in [4.78, 5) is 22.7. The van der Waals surface area contributed by atoms with Crippen LogP contribution in [0.5, 0.6) is 0 Å². The smallest absolute Gasteiger partial charge is 0.337 e. The fourth-order valence-electron chi connectivity index (χ4n) is 3.14. The zero-order chi connectivity index (χ0) is 18.8. The molecule has 26 heavy (non-hydrogen) atoms. The first-order valence-corrected chi connectivity index (χ1v) is 8.11. The van der Waals surface area contributed by atoms with Gasteiger partial charge in [-0.05, 0) is 42.8 Å². The van der Waals surface area contributed by atoms with Crippen LogP contribution in [-0.4, -0.2) is 28.7 Å². The molecule has 0 amide bonds.